The lowest BCUT2D eigenvalue weighted by Crippen LogP contribution is -2.39. The Kier molecular flexibility index (Phi) is 4.59. The van der Waals surface area contributed by atoms with Crippen molar-refractivity contribution in [3.63, 3.8) is 0 Å². The van der Waals surface area contributed by atoms with Crippen LogP contribution in [0.3, 0.4) is 0 Å². The van der Waals surface area contributed by atoms with Crippen LogP contribution in [-0.4, -0.2) is 30.9 Å². The lowest BCUT2D eigenvalue weighted by Gasteiger charge is -2.11. The quantitative estimate of drug-likeness (QED) is 0.668. The van der Waals surface area contributed by atoms with Gasteiger partial charge in [-0.25, -0.2) is 4.79 Å². The minimum atomic E-state index is -1.04. The van der Waals surface area contributed by atoms with Crippen LogP contribution in [0.2, 0.25) is 0 Å². The second kappa shape index (κ2) is 6.23. The monoisotopic (exact) mass is 311 g/mol. The zero-order chi connectivity index (χ0) is 15.6. The van der Waals surface area contributed by atoms with Gasteiger partial charge >= 0.3 is 5.97 Å². The molecule has 0 saturated carbocycles. The van der Waals surface area contributed by atoms with Crippen LogP contribution in [0.1, 0.15) is 33.6 Å². The van der Waals surface area contributed by atoms with Gasteiger partial charge in [0.05, 0.1) is 25.1 Å². The Bertz CT molecular complexity index is 596. The van der Waals surface area contributed by atoms with Crippen molar-refractivity contribution < 1.29 is 19.1 Å². The van der Waals surface area contributed by atoms with Crippen molar-refractivity contribution >= 4 is 34.1 Å². The molecule has 0 saturated heterocycles. The highest BCUT2D eigenvalue weighted by Gasteiger charge is 2.29. The van der Waals surface area contributed by atoms with E-state index in [4.69, 9.17) is 16.2 Å². The Morgan fingerprint density at radius 2 is 2.10 bits per heavy atom. The third-order valence-electron chi connectivity index (χ3n) is 3.31. The number of thiophene rings is 1. The average Bonchev–Trinajstić information content (AvgIpc) is 2.97. The van der Waals surface area contributed by atoms with Gasteiger partial charge in [0.25, 0.3) is 0 Å². The molecule has 21 heavy (non-hydrogen) atoms. The Morgan fingerprint density at radius 3 is 2.71 bits per heavy atom. The summed E-state index contributed by atoms with van der Waals surface area (Å²) in [7, 11) is 1.30. The molecule has 1 aliphatic carbocycles. The topological polar surface area (TPSA) is 125 Å². The average molecular weight is 311 g/mol. The van der Waals surface area contributed by atoms with Crippen LogP contribution in [0, 0.1) is 0 Å². The predicted octanol–water partition coefficient (Wildman–Crippen LogP) is 0.165. The number of hydrogen-bond donors (Lipinski definition) is 3. The van der Waals surface area contributed by atoms with Crippen LogP contribution in [0.5, 0.6) is 0 Å². The van der Waals surface area contributed by atoms with Gasteiger partial charge in [0.1, 0.15) is 5.00 Å². The van der Waals surface area contributed by atoms with E-state index in [-0.39, 0.29) is 6.42 Å². The number of fused-ring (bicyclic) bond motifs is 1. The Balaban J connectivity index is 2.22. The molecule has 1 aromatic heterocycles. The van der Waals surface area contributed by atoms with Crippen molar-refractivity contribution in [2.75, 3.05) is 12.4 Å². The fourth-order valence-electron chi connectivity index (χ4n) is 2.32. The van der Waals surface area contributed by atoms with E-state index in [0.717, 1.165) is 29.7 Å². The molecule has 7 nitrogen and oxygen atoms in total. The first-order valence-corrected chi connectivity index (χ1v) is 7.33. The third kappa shape index (κ3) is 3.22. The van der Waals surface area contributed by atoms with E-state index in [0.29, 0.717) is 10.6 Å². The van der Waals surface area contributed by atoms with Gasteiger partial charge in [0, 0.05) is 4.88 Å². The Morgan fingerprint density at radius 1 is 1.38 bits per heavy atom. The normalized spacial score (nSPS) is 14.4. The highest BCUT2D eigenvalue weighted by Crippen LogP contribution is 2.39. The molecule has 0 aliphatic heterocycles. The predicted molar refractivity (Wildman–Crippen MR) is 78.1 cm³/mol. The van der Waals surface area contributed by atoms with Crippen LogP contribution in [0.25, 0.3) is 0 Å². The first-order valence-electron chi connectivity index (χ1n) is 6.51. The van der Waals surface area contributed by atoms with Crippen molar-refractivity contribution in [3.05, 3.63) is 16.0 Å². The molecule has 0 spiro atoms. The van der Waals surface area contributed by atoms with Gasteiger partial charge in [0.2, 0.25) is 11.8 Å². The SMILES string of the molecule is COC(=O)c1c(NC(=O)C(N)CC(N)=O)sc2c1CCC2. The summed E-state index contributed by atoms with van der Waals surface area (Å²) < 4.78 is 4.78. The molecule has 1 aromatic rings. The molecule has 0 bridgehead atoms. The molecule has 0 fully saturated rings. The number of carbonyl (C=O) groups excluding carboxylic acids is 3. The van der Waals surface area contributed by atoms with Crippen molar-refractivity contribution in [1.29, 1.82) is 0 Å². The molecule has 1 heterocycles. The van der Waals surface area contributed by atoms with Crippen LogP contribution in [0.15, 0.2) is 0 Å². The molecule has 0 radical (unpaired) electrons. The number of rotatable bonds is 5. The number of methoxy groups -OCH3 is 1. The standard InChI is InChI=1S/C13H17N3O4S/c1-20-13(19)10-6-3-2-4-8(6)21-12(10)16-11(18)7(14)5-9(15)17/h7H,2-5,14H2,1H3,(H2,15,17)(H,16,18). The van der Waals surface area contributed by atoms with Crippen molar-refractivity contribution in [2.45, 2.75) is 31.7 Å². The van der Waals surface area contributed by atoms with Gasteiger partial charge in [-0.3, -0.25) is 9.59 Å². The fraction of sp³-hybridized carbons (Fsp3) is 0.462. The van der Waals surface area contributed by atoms with Gasteiger partial charge in [-0.1, -0.05) is 0 Å². The van der Waals surface area contributed by atoms with E-state index in [2.05, 4.69) is 5.32 Å². The van der Waals surface area contributed by atoms with Crippen LogP contribution in [-0.2, 0) is 27.2 Å². The van der Waals surface area contributed by atoms with E-state index in [1.54, 1.807) is 0 Å². The summed E-state index contributed by atoms with van der Waals surface area (Å²) in [4.78, 5) is 35.7. The summed E-state index contributed by atoms with van der Waals surface area (Å²) in [5.41, 5.74) is 11.9. The molecule has 0 aromatic carbocycles. The number of anilines is 1. The maximum atomic E-state index is 11.9. The summed E-state index contributed by atoms with van der Waals surface area (Å²) in [5.74, 6) is -1.67. The second-order valence-corrected chi connectivity index (χ2v) is 5.92. The number of aryl methyl sites for hydroxylation is 1. The number of ether oxygens (including phenoxy) is 1. The summed E-state index contributed by atoms with van der Waals surface area (Å²) in [6.45, 7) is 0. The summed E-state index contributed by atoms with van der Waals surface area (Å²) >= 11 is 1.35. The summed E-state index contributed by atoms with van der Waals surface area (Å²) in [6.07, 6.45) is 2.41. The number of nitrogens with one attached hydrogen (secondary N) is 1. The summed E-state index contributed by atoms with van der Waals surface area (Å²) in [6, 6.07) is -1.04. The third-order valence-corrected chi connectivity index (χ3v) is 4.51. The van der Waals surface area contributed by atoms with Gasteiger partial charge in [0.15, 0.2) is 0 Å². The lowest BCUT2D eigenvalue weighted by molar-refractivity contribution is -0.123. The number of primary amides is 1. The van der Waals surface area contributed by atoms with E-state index in [1.807, 2.05) is 0 Å². The molecule has 2 amide bonds. The molecule has 2 rings (SSSR count). The molecule has 114 valence electrons. The minimum absolute atomic E-state index is 0.246. The van der Waals surface area contributed by atoms with Crippen molar-refractivity contribution in [1.82, 2.24) is 0 Å². The number of hydrogen-bond acceptors (Lipinski definition) is 6. The smallest absolute Gasteiger partial charge is 0.341 e. The van der Waals surface area contributed by atoms with E-state index < -0.39 is 23.8 Å². The Hall–Kier alpha value is -1.93. The van der Waals surface area contributed by atoms with Crippen molar-refractivity contribution in [3.8, 4) is 0 Å². The number of esters is 1. The molecule has 1 atom stereocenters. The Labute approximate surface area is 125 Å². The molecule has 1 aliphatic rings. The summed E-state index contributed by atoms with van der Waals surface area (Å²) in [5, 5.41) is 3.03. The van der Waals surface area contributed by atoms with E-state index in [9.17, 15) is 14.4 Å². The molecular weight excluding hydrogens is 294 g/mol. The molecule has 8 heteroatoms. The molecule has 1 unspecified atom stereocenters. The van der Waals surface area contributed by atoms with E-state index in [1.165, 1.54) is 18.4 Å². The minimum Gasteiger partial charge on any atom is -0.465 e. The maximum Gasteiger partial charge on any atom is 0.341 e. The van der Waals surface area contributed by atoms with Crippen molar-refractivity contribution in [2.24, 2.45) is 11.5 Å². The number of nitrogens with two attached hydrogens (primary N) is 2. The van der Waals surface area contributed by atoms with Gasteiger partial charge in [-0.2, -0.15) is 0 Å². The van der Waals surface area contributed by atoms with Gasteiger partial charge in [-0.05, 0) is 24.8 Å². The molecular formula is C13H17N3O4S. The number of carbonyl (C=O) groups is 3. The second-order valence-electron chi connectivity index (χ2n) is 4.82. The largest absolute Gasteiger partial charge is 0.465 e. The number of amides is 2. The zero-order valence-electron chi connectivity index (χ0n) is 11.6. The first kappa shape index (κ1) is 15.5. The first-order chi connectivity index (χ1) is 9.93. The zero-order valence-corrected chi connectivity index (χ0v) is 12.4. The van der Waals surface area contributed by atoms with Crippen LogP contribution in [0.4, 0.5) is 5.00 Å². The lowest BCUT2D eigenvalue weighted by atomic mass is 10.1. The van der Waals surface area contributed by atoms with Crippen LogP contribution < -0.4 is 16.8 Å². The fourth-order valence-corrected chi connectivity index (χ4v) is 3.60. The van der Waals surface area contributed by atoms with E-state index >= 15 is 0 Å². The molecule has 5 N–H and O–H groups in total. The highest BCUT2D eigenvalue weighted by atomic mass is 32.1. The maximum absolute atomic E-state index is 11.9. The van der Waals surface area contributed by atoms with Gasteiger partial charge < -0.3 is 21.5 Å². The highest BCUT2D eigenvalue weighted by molar-refractivity contribution is 7.17. The van der Waals surface area contributed by atoms with Crippen LogP contribution >= 0.6 is 11.3 Å². The van der Waals surface area contributed by atoms with Gasteiger partial charge in [-0.15, -0.1) is 11.3 Å².